The van der Waals surface area contributed by atoms with Crippen molar-refractivity contribution in [2.24, 2.45) is 70.0 Å². The number of rotatable bonds is 28. The summed E-state index contributed by atoms with van der Waals surface area (Å²) in [5.74, 6) is 5.02. The molecule has 16 aromatic rings. The number of hydrogen-bond acceptors (Lipinski definition) is 27. The number of furan rings is 1. The average Bonchev–Trinajstić information content (AvgIpc) is 1.12. The highest BCUT2D eigenvalue weighted by molar-refractivity contribution is 5.99. The highest BCUT2D eigenvalue weighted by Crippen LogP contribution is 2.50. The van der Waals surface area contributed by atoms with Gasteiger partial charge < -0.3 is 45.1 Å². The number of carbonyl (C=O) groups excluding carboxylic acids is 4. The van der Waals surface area contributed by atoms with E-state index in [0.717, 1.165) is 201 Å². The summed E-state index contributed by atoms with van der Waals surface area (Å²) in [5, 5.41) is 20.8. The van der Waals surface area contributed by atoms with E-state index < -0.39 is 11.6 Å². The Hall–Kier alpha value is -14.7. The molecule has 7 aliphatic rings. The fourth-order valence-corrected chi connectivity index (χ4v) is 23.5. The molecule has 37 heteroatoms. The number of pyridine rings is 1. The number of nitrogens with one attached hydrogen (secondary N) is 7. The summed E-state index contributed by atoms with van der Waals surface area (Å²) in [5.41, 5.74) is 11.3. The molecule has 150 heavy (non-hydrogen) atoms. The molecule has 8 N–H and O–H groups in total. The number of fused-ring (bicyclic) bond motifs is 8. The van der Waals surface area contributed by atoms with E-state index >= 15 is 0 Å². The van der Waals surface area contributed by atoms with Gasteiger partial charge in [-0.05, 0) is 187 Å². The van der Waals surface area contributed by atoms with Gasteiger partial charge in [-0.3, -0.25) is 19.2 Å². The van der Waals surface area contributed by atoms with E-state index in [1.165, 1.54) is 56.3 Å². The first-order valence-corrected chi connectivity index (χ1v) is 52.4. The van der Waals surface area contributed by atoms with Crippen LogP contribution in [0.15, 0.2) is 147 Å². The molecule has 23 rings (SSSR count). The molecule has 1 unspecified atom stereocenters. The number of hydrogen-bond donors (Lipinski definition) is 8. The number of aryl methyl sites for hydroxylation is 3. The Morgan fingerprint density at radius 1 is 0.467 bits per heavy atom. The van der Waals surface area contributed by atoms with E-state index in [0.29, 0.717) is 196 Å². The van der Waals surface area contributed by atoms with E-state index in [2.05, 4.69) is 158 Å². The van der Waals surface area contributed by atoms with Crippen LogP contribution in [-0.2, 0) is 33.6 Å². The van der Waals surface area contributed by atoms with Crippen molar-refractivity contribution in [1.29, 1.82) is 0 Å². The maximum atomic E-state index is 14.9. The summed E-state index contributed by atoms with van der Waals surface area (Å²) in [4.78, 5) is 146. The molecular formula is C113H129F5N26O6. The Morgan fingerprint density at radius 3 is 1.27 bits per heavy atom. The molecule has 2 bridgehead atoms. The van der Waals surface area contributed by atoms with E-state index in [1.807, 2.05) is 47.7 Å². The summed E-state index contributed by atoms with van der Waals surface area (Å²) in [6.07, 6.45) is 56.7. The van der Waals surface area contributed by atoms with Gasteiger partial charge in [-0.1, -0.05) is 112 Å². The van der Waals surface area contributed by atoms with Gasteiger partial charge in [0.1, 0.15) is 83.0 Å². The third-order valence-electron chi connectivity index (χ3n) is 31.1. The predicted octanol–water partition coefficient (Wildman–Crippen LogP) is 23.9. The first-order chi connectivity index (χ1) is 72.3. The first kappa shape index (κ1) is 105. The quantitative estimate of drug-likeness (QED) is 0.0128. The summed E-state index contributed by atoms with van der Waals surface area (Å²) in [6.45, 7) is 23.2. The van der Waals surface area contributed by atoms with Crippen LogP contribution in [0.3, 0.4) is 0 Å². The minimum Gasteiger partial charge on any atom is -0.513 e. The number of anilines is 2. The molecule has 782 valence electrons. The summed E-state index contributed by atoms with van der Waals surface area (Å²) in [6, 6.07) is 1.29. The molecule has 0 aliphatic heterocycles. The van der Waals surface area contributed by atoms with Gasteiger partial charge in [0.2, 0.25) is 0 Å². The van der Waals surface area contributed by atoms with Crippen LogP contribution in [0.25, 0.3) is 112 Å². The Labute approximate surface area is 865 Å². The highest BCUT2D eigenvalue weighted by atomic mass is 19.1. The molecule has 0 saturated heterocycles. The van der Waals surface area contributed by atoms with Crippen LogP contribution >= 0.6 is 0 Å². The Balaban J connectivity index is 0.000000122. The molecule has 32 nitrogen and oxygen atoms in total. The van der Waals surface area contributed by atoms with Crippen LogP contribution in [0, 0.1) is 120 Å². The van der Waals surface area contributed by atoms with Crippen LogP contribution in [0.4, 0.5) is 33.6 Å². The van der Waals surface area contributed by atoms with Crippen molar-refractivity contribution >= 4 is 89.9 Å². The van der Waals surface area contributed by atoms with E-state index in [-0.39, 0.29) is 81.2 Å². The number of aliphatic hydroxyl groups excluding tert-OH is 1. The van der Waals surface area contributed by atoms with Crippen molar-refractivity contribution in [1.82, 2.24) is 120 Å². The largest absolute Gasteiger partial charge is 0.513 e. The van der Waals surface area contributed by atoms with E-state index in [1.54, 1.807) is 69.0 Å². The zero-order valence-corrected chi connectivity index (χ0v) is 86.4. The SMILES string of the molecule is C=C(O)[C@H]1C2CCC(CC2)[C@@H]1Nc1nc(-c2c[nH]c3ncncc23)c(C)cc1F.CC(=O)CC(Nc1nc(-c2c[nH]c3ncncc23)ncc1F)C1(C)CCCC1.CC(C)(C)C(=O)C[C@H]1CCC[C@@H](Cc2nc(-c3c[nH]c4ncncc34)ncc2F)C1.CC(C)CC(=O)C[C@H]1CCC[C@@H](Cc2nc(-c3c[nH]c4ncncc34)ncc2F)C1.Cc1coc(C)c1C(=O)C[C@H]1CCC[C@@H](Cc2nc(-c3c[nH]c4ncncc34)ncc2F)C1. The molecular weight excluding hydrogens is 1910 g/mol. The number of halogens is 5. The maximum absolute atomic E-state index is 14.9. The molecule has 16 heterocycles. The lowest BCUT2D eigenvalue weighted by molar-refractivity contribution is -0.127. The van der Waals surface area contributed by atoms with Gasteiger partial charge in [0.25, 0.3) is 0 Å². The van der Waals surface area contributed by atoms with Crippen molar-refractivity contribution in [3.8, 4) is 56.8 Å². The van der Waals surface area contributed by atoms with Crippen molar-refractivity contribution in [3.63, 3.8) is 0 Å². The Kier molecular flexibility index (Phi) is 32.7. The number of aromatic amines is 5. The fourth-order valence-electron chi connectivity index (χ4n) is 23.5. The standard InChI is InChI=1S/C25H26FN5O2.2C23H28FN5O.C22H24FN5O.C20H23FN6O/c1-14-12-33-15(2)23(14)22(32)8-17-5-3-4-16(6-17)7-21-20(26)11-29-25(31-21)19-10-28-24-18(19)9-27-13-30-24;1-23(2,3)20(30)9-15-6-4-5-14(7-15)8-19-18(24)12-27-22(29-19)17-11-26-21-16(17)10-25-13-28-21;1-14(2)6-17(30)8-15-4-3-5-16(7-15)9-21-20(24)12-27-23(29-21)19-11-26-22-18(19)10-25-13-28-22;1-11-7-17(23)22(27-19(11)15-9-25-21-16(15)8-24-10-26-21)28-20-14-5-3-13(4-6-14)18(20)12(2)29;1-12(28)7-16(20(2)5-3-4-6-20)26-19-15(21)10-24-18(27-19)14-9-23-17-13(14)8-22-11-25-17/h9-13,16-17H,3-8H2,1-2H3,(H,27,28,30);10-15H,4-9H2,1-3H3,(H,25,26,28);10-16H,3-9H2,1-2H3,(H,25,26,28);7-10,13-14,18,20,29H,2-6H2,1H3,(H,27,28)(H,24,25,26);8-11,16H,3-7H2,1-2H3,(H,22,23,25)(H,24,26,27)/t16-,17+;14-,15+;15-,16+;13?,14?,18-,20-;/m1100./s1. The lowest BCUT2D eigenvalue weighted by Gasteiger charge is -2.48. The maximum Gasteiger partial charge on any atom is 0.183 e. The number of aliphatic hydroxyl groups is 1. The van der Waals surface area contributed by atoms with Gasteiger partial charge >= 0.3 is 0 Å². The molecule has 0 radical (unpaired) electrons. The minimum atomic E-state index is -0.532. The average molecular weight is 2040 g/mol. The third-order valence-corrected chi connectivity index (χ3v) is 31.1. The zero-order chi connectivity index (χ0) is 105. The Morgan fingerprint density at radius 2 is 0.860 bits per heavy atom. The van der Waals surface area contributed by atoms with Crippen LogP contribution in [0.5, 0.6) is 0 Å². The Bertz CT molecular complexity index is 7500. The smallest absolute Gasteiger partial charge is 0.183 e. The monoisotopic (exact) mass is 2040 g/mol. The number of ketones is 4. The molecule has 9 atom stereocenters. The molecule has 7 fully saturated rings. The lowest BCUT2D eigenvalue weighted by Crippen LogP contribution is -2.49. The number of aromatic nitrogens is 24. The number of Topliss-reactive ketones (excluding diaryl/α,β-unsaturated/α-hetero) is 4. The second-order valence-corrected chi connectivity index (χ2v) is 43.6. The minimum absolute atomic E-state index is 0.0520. The molecule has 0 spiro atoms. The molecule has 7 aliphatic carbocycles. The fraction of sp³-hybridized carbons (Fsp3) is 0.460. The summed E-state index contributed by atoms with van der Waals surface area (Å²) in [7, 11) is 0. The predicted molar refractivity (Wildman–Crippen MR) is 561 cm³/mol. The first-order valence-electron chi connectivity index (χ1n) is 52.4. The second kappa shape index (κ2) is 46.6. The van der Waals surface area contributed by atoms with Gasteiger partial charge in [0.05, 0.1) is 65.1 Å². The van der Waals surface area contributed by atoms with Gasteiger partial charge in [-0.2, -0.15) is 0 Å². The van der Waals surface area contributed by atoms with E-state index in [4.69, 9.17) is 4.42 Å². The van der Waals surface area contributed by atoms with Gasteiger partial charge in [0.15, 0.2) is 69.8 Å². The zero-order valence-electron chi connectivity index (χ0n) is 86.4. The molecule has 7 saturated carbocycles. The van der Waals surface area contributed by atoms with Crippen LogP contribution < -0.4 is 10.6 Å². The number of H-pyrrole nitrogens is 5. The molecule has 16 aromatic heterocycles. The number of carbonyl (C=O) groups is 4. The lowest BCUT2D eigenvalue weighted by atomic mass is 9.61. The van der Waals surface area contributed by atoms with Gasteiger partial charge in [-0.15, -0.1) is 0 Å². The second-order valence-electron chi connectivity index (χ2n) is 43.6. The molecule has 0 aromatic carbocycles. The van der Waals surface area contributed by atoms with Gasteiger partial charge in [0, 0.05) is 172 Å². The van der Waals surface area contributed by atoms with Crippen LogP contribution in [0.1, 0.15) is 253 Å². The summed E-state index contributed by atoms with van der Waals surface area (Å²) < 4.78 is 78.5. The highest BCUT2D eigenvalue weighted by Gasteiger charge is 2.46. The van der Waals surface area contributed by atoms with Crippen molar-refractivity contribution in [3.05, 3.63) is 212 Å². The topological polar surface area (TPSA) is 450 Å². The van der Waals surface area contributed by atoms with Crippen LogP contribution in [-0.4, -0.2) is 160 Å². The van der Waals surface area contributed by atoms with Crippen molar-refractivity contribution in [2.75, 3.05) is 10.6 Å². The third kappa shape index (κ3) is 24.7. The van der Waals surface area contributed by atoms with Crippen molar-refractivity contribution in [2.45, 2.75) is 261 Å². The van der Waals surface area contributed by atoms with Crippen LogP contribution in [0.2, 0.25) is 0 Å². The normalized spacial score (nSPS) is 20.2. The van der Waals surface area contributed by atoms with Gasteiger partial charge in [-0.25, -0.2) is 117 Å². The number of nitrogens with zero attached hydrogens (tertiary/aromatic N) is 19. The molecule has 0 amide bonds. The van der Waals surface area contributed by atoms with E-state index in [9.17, 15) is 46.2 Å². The summed E-state index contributed by atoms with van der Waals surface area (Å²) >= 11 is 0. The van der Waals surface area contributed by atoms with Crippen molar-refractivity contribution < 1.29 is 50.7 Å².